The molecule has 3 rings (SSSR count). The smallest absolute Gasteiger partial charge is 0.335 e. The maximum atomic E-state index is 10.9. The lowest BCUT2D eigenvalue weighted by Crippen LogP contribution is -2.04. The average Bonchev–Trinajstić information content (AvgIpc) is 3.10. The summed E-state index contributed by atoms with van der Waals surface area (Å²) in [5.41, 5.74) is 9.08. The van der Waals surface area contributed by atoms with E-state index in [4.69, 9.17) is 20.0 Å². The van der Waals surface area contributed by atoms with Crippen molar-refractivity contribution in [3.05, 3.63) is 65.5 Å². The van der Waals surface area contributed by atoms with Gasteiger partial charge in [-0.2, -0.15) is 0 Å². The summed E-state index contributed by atoms with van der Waals surface area (Å²) in [6, 6.07) is 11.9. The number of hydrogen-bond donors (Lipinski definition) is 2. The van der Waals surface area contributed by atoms with Gasteiger partial charge in [0.2, 0.25) is 5.88 Å². The van der Waals surface area contributed by atoms with Crippen molar-refractivity contribution < 1.29 is 19.1 Å². The quantitative estimate of drug-likeness (QED) is 0.745. The third-order valence-corrected chi connectivity index (χ3v) is 3.51. The van der Waals surface area contributed by atoms with Gasteiger partial charge in [-0.3, -0.25) is 0 Å². The molecular formula is C18H16N2O4. The average molecular weight is 324 g/mol. The number of hydrogen-bond acceptors (Lipinski definition) is 5. The predicted molar refractivity (Wildman–Crippen MR) is 88.8 cm³/mol. The number of furan rings is 1. The Hall–Kier alpha value is -3.28. The number of rotatable bonds is 5. The largest absolute Gasteiger partial charge is 0.478 e. The van der Waals surface area contributed by atoms with Crippen molar-refractivity contribution in [2.24, 2.45) is 0 Å². The van der Waals surface area contributed by atoms with Gasteiger partial charge >= 0.3 is 5.97 Å². The van der Waals surface area contributed by atoms with Gasteiger partial charge in [-0.25, -0.2) is 9.78 Å². The number of carboxylic acids is 1. The number of benzene rings is 1. The molecule has 0 saturated carbocycles. The lowest BCUT2D eigenvalue weighted by Gasteiger charge is -2.12. The van der Waals surface area contributed by atoms with Crippen LogP contribution in [-0.4, -0.2) is 16.1 Å². The van der Waals surface area contributed by atoms with Crippen LogP contribution in [0, 0.1) is 6.92 Å². The topological polar surface area (TPSA) is 98.6 Å². The van der Waals surface area contributed by atoms with Crippen LogP contribution in [0.3, 0.4) is 0 Å². The van der Waals surface area contributed by atoms with Gasteiger partial charge in [0.25, 0.3) is 0 Å². The molecule has 0 aliphatic carbocycles. The fourth-order valence-electron chi connectivity index (χ4n) is 2.30. The first-order valence-corrected chi connectivity index (χ1v) is 7.30. The minimum absolute atomic E-state index is 0.229. The molecule has 0 unspecified atom stereocenters. The summed E-state index contributed by atoms with van der Waals surface area (Å²) < 4.78 is 11.1. The molecule has 3 aromatic rings. The number of aromatic nitrogens is 1. The van der Waals surface area contributed by atoms with Crippen molar-refractivity contribution in [2.75, 3.05) is 5.73 Å². The normalized spacial score (nSPS) is 10.5. The SMILES string of the molecule is Cc1cc(-c2ccco2)c(N)c(OCc2ccc(C(=O)O)cc2)n1. The van der Waals surface area contributed by atoms with Crippen molar-refractivity contribution in [2.45, 2.75) is 13.5 Å². The van der Waals surface area contributed by atoms with E-state index < -0.39 is 5.97 Å². The number of aryl methyl sites for hydroxylation is 1. The zero-order valence-corrected chi connectivity index (χ0v) is 13.0. The van der Waals surface area contributed by atoms with E-state index in [9.17, 15) is 4.79 Å². The van der Waals surface area contributed by atoms with Gasteiger partial charge in [-0.1, -0.05) is 12.1 Å². The van der Waals surface area contributed by atoms with Gasteiger partial charge in [0.05, 0.1) is 11.8 Å². The van der Waals surface area contributed by atoms with E-state index in [1.165, 1.54) is 12.1 Å². The zero-order valence-electron chi connectivity index (χ0n) is 13.0. The van der Waals surface area contributed by atoms with Crippen LogP contribution in [0.2, 0.25) is 0 Å². The molecule has 0 aliphatic heterocycles. The Bertz CT molecular complexity index is 855. The van der Waals surface area contributed by atoms with E-state index in [2.05, 4.69) is 4.98 Å². The highest BCUT2D eigenvalue weighted by Crippen LogP contribution is 2.33. The monoisotopic (exact) mass is 324 g/mol. The number of nitrogen functional groups attached to an aromatic ring is 1. The molecule has 0 fully saturated rings. The fraction of sp³-hybridized carbons (Fsp3) is 0.111. The third-order valence-electron chi connectivity index (χ3n) is 3.51. The van der Waals surface area contributed by atoms with Crippen molar-refractivity contribution in [3.63, 3.8) is 0 Å². The summed E-state index contributed by atoms with van der Waals surface area (Å²) in [4.78, 5) is 15.2. The Balaban J connectivity index is 1.81. The van der Waals surface area contributed by atoms with Crippen LogP contribution in [0.5, 0.6) is 5.88 Å². The molecular weight excluding hydrogens is 308 g/mol. The van der Waals surface area contributed by atoms with E-state index in [-0.39, 0.29) is 12.2 Å². The van der Waals surface area contributed by atoms with Crippen LogP contribution < -0.4 is 10.5 Å². The van der Waals surface area contributed by atoms with E-state index >= 15 is 0 Å². The molecule has 0 atom stereocenters. The molecule has 2 aromatic heterocycles. The maximum absolute atomic E-state index is 10.9. The summed E-state index contributed by atoms with van der Waals surface area (Å²) in [5, 5.41) is 8.90. The summed E-state index contributed by atoms with van der Waals surface area (Å²) in [7, 11) is 0. The van der Waals surface area contributed by atoms with Crippen LogP contribution in [0.15, 0.2) is 53.1 Å². The maximum Gasteiger partial charge on any atom is 0.335 e. The first kappa shape index (κ1) is 15.6. The van der Waals surface area contributed by atoms with E-state index in [1.807, 2.05) is 19.1 Å². The number of nitrogens with zero attached hydrogens (tertiary/aromatic N) is 1. The Morgan fingerprint density at radius 2 is 2.04 bits per heavy atom. The van der Waals surface area contributed by atoms with E-state index in [1.54, 1.807) is 24.5 Å². The second-order valence-corrected chi connectivity index (χ2v) is 5.30. The molecule has 6 nitrogen and oxygen atoms in total. The van der Waals surface area contributed by atoms with Crippen molar-refractivity contribution >= 4 is 11.7 Å². The standard InChI is InChI=1S/C18H16N2O4/c1-11-9-14(15-3-2-8-23-15)16(19)17(20-11)24-10-12-4-6-13(7-5-12)18(21)22/h2-9H,10,19H2,1H3,(H,21,22). The van der Waals surface area contributed by atoms with Crippen molar-refractivity contribution in [1.82, 2.24) is 4.98 Å². The molecule has 1 aromatic carbocycles. The lowest BCUT2D eigenvalue weighted by atomic mass is 10.1. The molecule has 24 heavy (non-hydrogen) atoms. The highest BCUT2D eigenvalue weighted by molar-refractivity contribution is 5.87. The first-order chi connectivity index (χ1) is 11.5. The number of carbonyl (C=O) groups is 1. The van der Waals surface area contributed by atoms with Gasteiger partial charge in [-0.15, -0.1) is 0 Å². The van der Waals surface area contributed by atoms with Gasteiger partial charge in [0.15, 0.2) is 0 Å². The minimum atomic E-state index is -0.963. The minimum Gasteiger partial charge on any atom is -0.478 e. The summed E-state index contributed by atoms with van der Waals surface area (Å²) >= 11 is 0. The number of ether oxygens (including phenoxy) is 1. The number of aromatic carboxylic acids is 1. The molecule has 6 heteroatoms. The van der Waals surface area contributed by atoms with Crippen LogP contribution in [0.25, 0.3) is 11.3 Å². The van der Waals surface area contributed by atoms with Gasteiger partial charge < -0.3 is 20.0 Å². The molecule has 0 radical (unpaired) electrons. The Morgan fingerprint density at radius 1 is 1.29 bits per heavy atom. The summed E-state index contributed by atoms with van der Waals surface area (Å²) in [6.45, 7) is 2.08. The van der Waals surface area contributed by atoms with Gasteiger partial charge in [-0.05, 0) is 42.8 Å². The Morgan fingerprint density at radius 3 is 2.67 bits per heavy atom. The van der Waals surface area contributed by atoms with Crippen LogP contribution in [0.4, 0.5) is 5.69 Å². The lowest BCUT2D eigenvalue weighted by molar-refractivity contribution is 0.0697. The van der Waals surface area contributed by atoms with E-state index in [0.717, 1.165) is 16.8 Å². The van der Waals surface area contributed by atoms with Gasteiger partial charge in [0.1, 0.15) is 18.1 Å². The summed E-state index contributed by atoms with van der Waals surface area (Å²) in [6.07, 6.45) is 1.58. The molecule has 122 valence electrons. The first-order valence-electron chi connectivity index (χ1n) is 7.30. The molecule has 0 spiro atoms. The second kappa shape index (κ2) is 6.45. The van der Waals surface area contributed by atoms with E-state index in [0.29, 0.717) is 17.3 Å². The highest BCUT2D eigenvalue weighted by atomic mass is 16.5. The number of pyridine rings is 1. The number of nitrogens with two attached hydrogens (primary N) is 1. The van der Waals surface area contributed by atoms with Crippen molar-refractivity contribution in [3.8, 4) is 17.2 Å². The van der Waals surface area contributed by atoms with Gasteiger partial charge in [0, 0.05) is 11.3 Å². The fourth-order valence-corrected chi connectivity index (χ4v) is 2.30. The van der Waals surface area contributed by atoms with Crippen LogP contribution in [0.1, 0.15) is 21.6 Å². The molecule has 0 saturated heterocycles. The van der Waals surface area contributed by atoms with Crippen LogP contribution in [-0.2, 0) is 6.61 Å². The number of carboxylic acid groups (broad SMARTS) is 1. The number of anilines is 1. The van der Waals surface area contributed by atoms with Crippen molar-refractivity contribution in [1.29, 1.82) is 0 Å². The third kappa shape index (κ3) is 3.22. The predicted octanol–water partition coefficient (Wildman–Crippen LogP) is 3.51. The molecule has 0 aliphatic rings. The molecule has 0 bridgehead atoms. The summed E-state index contributed by atoms with van der Waals surface area (Å²) in [5.74, 6) is 0.00697. The Kier molecular flexibility index (Phi) is 4.20. The molecule has 2 heterocycles. The van der Waals surface area contributed by atoms with Crippen LogP contribution >= 0.6 is 0 Å². The molecule has 3 N–H and O–H groups in total. The second-order valence-electron chi connectivity index (χ2n) is 5.30. The Labute approximate surface area is 138 Å². The zero-order chi connectivity index (χ0) is 17.1. The highest BCUT2D eigenvalue weighted by Gasteiger charge is 2.13. The molecule has 0 amide bonds.